The molecule has 3 aromatic carbocycles. The number of benzene rings is 3. The summed E-state index contributed by atoms with van der Waals surface area (Å²) in [5, 5.41) is 0.708. The van der Waals surface area contributed by atoms with Crippen LogP contribution >= 0.6 is 11.3 Å². The number of ether oxygens (including phenoxy) is 1. The minimum absolute atomic E-state index is 0.0275. The van der Waals surface area contributed by atoms with Gasteiger partial charge in [0.1, 0.15) is 17.1 Å². The monoisotopic (exact) mass is 508 g/mol. The molecule has 1 amide bonds. The number of ketones is 1. The summed E-state index contributed by atoms with van der Waals surface area (Å²) < 4.78 is 12.0. The summed E-state index contributed by atoms with van der Waals surface area (Å²) in [4.78, 5) is 46.1. The summed E-state index contributed by atoms with van der Waals surface area (Å²) in [6.07, 6.45) is 0. The number of nitrogens with zero attached hydrogens (tertiary/aromatic N) is 2. The minimum atomic E-state index is -0.812. The Balaban J connectivity index is 1.55. The predicted molar refractivity (Wildman–Crippen MR) is 141 cm³/mol. The number of para-hydroxylation sites is 2. The van der Waals surface area contributed by atoms with Gasteiger partial charge in [-0.15, -0.1) is 0 Å². The van der Waals surface area contributed by atoms with Crippen LogP contribution in [0.15, 0.2) is 88.1 Å². The molecule has 7 nitrogen and oxygen atoms in total. The Morgan fingerprint density at radius 2 is 1.70 bits per heavy atom. The predicted octanol–water partition coefficient (Wildman–Crippen LogP) is 6.30. The number of fused-ring (bicyclic) bond motifs is 2. The standard InChI is InChI=1S/C29H20N2O5S/c1-16-27(17(2)32)37-29(30-16)31-24(18-9-8-12-20(15-18)35-19-10-4-3-5-11-19)23-25(33)21-13-6-7-14-22(21)36-26(23)28(31)34/h3-15,24H,1-2H3. The van der Waals surface area contributed by atoms with Crippen molar-refractivity contribution in [1.82, 2.24) is 4.98 Å². The first-order valence-corrected chi connectivity index (χ1v) is 12.4. The van der Waals surface area contributed by atoms with Crippen molar-refractivity contribution >= 4 is 39.1 Å². The van der Waals surface area contributed by atoms with Crippen molar-refractivity contribution < 1.29 is 18.7 Å². The summed E-state index contributed by atoms with van der Waals surface area (Å²) in [6, 6.07) is 22.6. The van der Waals surface area contributed by atoms with E-state index in [1.165, 1.54) is 11.8 Å². The maximum Gasteiger partial charge on any atom is 0.297 e. The van der Waals surface area contributed by atoms with Crippen LogP contribution in [-0.2, 0) is 0 Å². The van der Waals surface area contributed by atoms with Crippen LogP contribution in [0, 0.1) is 6.92 Å². The average molecular weight is 509 g/mol. The number of hydrogen-bond acceptors (Lipinski definition) is 7. The van der Waals surface area contributed by atoms with Crippen LogP contribution in [0.25, 0.3) is 11.0 Å². The molecule has 0 N–H and O–H groups in total. The number of hydrogen-bond donors (Lipinski definition) is 0. The third-order valence-corrected chi connectivity index (χ3v) is 7.50. The van der Waals surface area contributed by atoms with E-state index in [4.69, 9.17) is 9.15 Å². The molecule has 0 bridgehead atoms. The summed E-state index contributed by atoms with van der Waals surface area (Å²) in [5.74, 6) is 0.558. The maximum absolute atomic E-state index is 13.8. The molecular formula is C29H20N2O5S. The first-order chi connectivity index (χ1) is 17.9. The molecule has 3 heterocycles. The van der Waals surface area contributed by atoms with Crippen molar-refractivity contribution in [2.24, 2.45) is 0 Å². The number of carbonyl (C=O) groups is 2. The largest absolute Gasteiger partial charge is 0.457 e. The van der Waals surface area contributed by atoms with Gasteiger partial charge in [-0.25, -0.2) is 4.98 Å². The first kappa shape index (κ1) is 22.9. The number of aromatic nitrogens is 1. The van der Waals surface area contributed by atoms with Crippen molar-refractivity contribution in [2.45, 2.75) is 19.9 Å². The summed E-state index contributed by atoms with van der Waals surface area (Å²) in [5.41, 5.74) is 1.46. The fraction of sp³-hybridized carbons (Fsp3) is 0.103. The van der Waals surface area contributed by atoms with E-state index < -0.39 is 11.9 Å². The van der Waals surface area contributed by atoms with Gasteiger partial charge in [-0.3, -0.25) is 19.3 Å². The second-order valence-electron chi connectivity index (χ2n) is 8.70. The molecule has 8 heteroatoms. The highest BCUT2D eigenvalue weighted by molar-refractivity contribution is 7.17. The SMILES string of the molecule is CC(=O)c1sc(N2C(=O)c3oc4ccccc4c(=O)c3C2c2cccc(Oc3ccccc3)c2)nc1C. The second-order valence-corrected chi connectivity index (χ2v) is 9.68. The topological polar surface area (TPSA) is 89.7 Å². The zero-order valence-electron chi connectivity index (χ0n) is 19.9. The Bertz CT molecular complexity index is 1760. The van der Waals surface area contributed by atoms with Crippen LogP contribution in [0.5, 0.6) is 11.5 Å². The van der Waals surface area contributed by atoms with Gasteiger partial charge in [0.15, 0.2) is 16.3 Å². The molecule has 0 aliphatic carbocycles. The number of anilines is 1. The molecule has 0 saturated carbocycles. The molecule has 1 aliphatic rings. The van der Waals surface area contributed by atoms with E-state index in [2.05, 4.69) is 4.98 Å². The van der Waals surface area contributed by atoms with Gasteiger partial charge in [0.25, 0.3) is 5.91 Å². The van der Waals surface area contributed by atoms with Crippen LogP contribution in [-0.4, -0.2) is 16.7 Å². The van der Waals surface area contributed by atoms with E-state index in [-0.39, 0.29) is 22.5 Å². The molecule has 0 spiro atoms. The summed E-state index contributed by atoms with van der Waals surface area (Å²) >= 11 is 1.12. The van der Waals surface area contributed by atoms with E-state index in [1.807, 2.05) is 48.5 Å². The van der Waals surface area contributed by atoms with Crippen molar-refractivity contribution in [1.29, 1.82) is 0 Å². The van der Waals surface area contributed by atoms with Gasteiger partial charge in [0, 0.05) is 6.92 Å². The summed E-state index contributed by atoms with van der Waals surface area (Å²) in [7, 11) is 0. The van der Waals surface area contributed by atoms with Gasteiger partial charge < -0.3 is 9.15 Å². The molecule has 5 aromatic rings. The number of thiazole rings is 1. The van der Waals surface area contributed by atoms with Gasteiger partial charge >= 0.3 is 0 Å². The Kier molecular flexibility index (Phi) is 5.46. The van der Waals surface area contributed by atoms with E-state index in [0.29, 0.717) is 43.7 Å². The molecule has 0 fully saturated rings. The van der Waals surface area contributed by atoms with Crippen molar-refractivity contribution in [3.05, 3.63) is 117 Å². The third kappa shape index (κ3) is 3.82. The normalized spacial score (nSPS) is 14.7. The van der Waals surface area contributed by atoms with Crippen molar-refractivity contribution in [3.8, 4) is 11.5 Å². The van der Waals surface area contributed by atoms with E-state index in [1.54, 1.807) is 37.3 Å². The molecule has 1 aliphatic heterocycles. The van der Waals surface area contributed by atoms with Gasteiger partial charge in [-0.1, -0.05) is 53.8 Å². The zero-order valence-corrected chi connectivity index (χ0v) is 20.7. The lowest BCUT2D eigenvalue weighted by Crippen LogP contribution is -2.29. The number of aryl methyl sites for hydroxylation is 1. The smallest absolute Gasteiger partial charge is 0.297 e. The lowest BCUT2D eigenvalue weighted by atomic mass is 9.98. The lowest BCUT2D eigenvalue weighted by molar-refractivity contribution is 0.0969. The van der Waals surface area contributed by atoms with Gasteiger partial charge in [0.2, 0.25) is 5.76 Å². The number of rotatable bonds is 5. The molecular weight excluding hydrogens is 488 g/mol. The highest BCUT2D eigenvalue weighted by atomic mass is 32.1. The minimum Gasteiger partial charge on any atom is -0.457 e. The Morgan fingerprint density at radius 3 is 2.46 bits per heavy atom. The molecule has 2 aromatic heterocycles. The second kappa shape index (κ2) is 8.83. The van der Waals surface area contributed by atoms with E-state index in [9.17, 15) is 14.4 Å². The molecule has 0 radical (unpaired) electrons. The van der Waals surface area contributed by atoms with Crippen molar-refractivity contribution in [2.75, 3.05) is 4.90 Å². The number of carbonyl (C=O) groups excluding carboxylic acids is 2. The van der Waals surface area contributed by atoms with Crippen LogP contribution < -0.4 is 15.1 Å². The number of Topliss-reactive ketones (excluding diaryl/α,β-unsaturated/α-hetero) is 1. The fourth-order valence-electron chi connectivity index (χ4n) is 4.62. The van der Waals surface area contributed by atoms with Crippen molar-refractivity contribution in [3.63, 3.8) is 0 Å². The fourth-order valence-corrected chi connectivity index (χ4v) is 5.61. The molecule has 182 valence electrons. The molecule has 1 unspecified atom stereocenters. The molecule has 1 atom stereocenters. The quantitative estimate of drug-likeness (QED) is 0.259. The van der Waals surface area contributed by atoms with Crippen LogP contribution in [0.3, 0.4) is 0 Å². The van der Waals surface area contributed by atoms with E-state index in [0.717, 1.165) is 11.3 Å². The lowest BCUT2D eigenvalue weighted by Gasteiger charge is -2.23. The highest BCUT2D eigenvalue weighted by Crippen LogP contribution is 2.44. The molecule has 6 rings (SSSR count). The summed E-state index contributed by atoms with van der Waals surface area (Å²) in [6.45, 7) is 3.19. The van der Waals surface area contributed by atoms with Crippen LogP contribution in [0.4, 0.5) is 5.13 Å². The van der Waals surface area contributed by atoms with Crippen LogP contribution in [0.1, 0.15) is 50.0 Å². The van der Waals surface area contributed by atoms with E-state index >= 15 is 0 Å². The third-order valence-electron chi connectivity index (χ3n) is 6.24. The van der Waals surface area contributed by atoms with Crippen LogP contribution in [0.2, 0.25) is 0 Å². The van der Waals surface area contributed by atoms with Gasteiger partial charge in [-0.05, 0) is 48.9 Å². The Morgan fingerprint density at radius 1 is 0.973 bits per heavy atom. The maximum atomic E-state index is 13.8. The van der Waals surface area contributed by atoms with Gasteiger partial charge in [0.05, 0.1) is 27.6 Å². The Labute approximate surface area is 215 Å². The first-order valence-electron chi connectivity index (χ1n) is 11.6. The number of amides is 1. The molecule has 0 saturated heterocycles. The highest BCUT2D eigenvalue weighted by Gasteiger charge is 2.45. The average Bonchev–Trinajstić information content (AvgIpc) is 3.42. The zero-order chi connectivity index (χ0) is 25.7. The Hall–Kier alpha value is -4.56. The van der Waals surface area contributed by atoms with Gasteiger partial charge in [-0.2, -0.15) is 0 Å². The molecule has 37 heavy (non-hydrogen) atoms.